The molecule has 90 valence electrons. The minimum Gasteiger partial charge on any atom is -0.491 e. The highest BCUT2D eigenvalue weighted by Gasteiger charge is 2.06. The number of ether oxygens (including phenoxy) is 1. The van der Waals surface area contributed by atoms with E-state index < -0.39 is 6.10 Å². The van der Waals surface area contributed by atoms with Crippen LogP contribution in [0.5, 0.6) is 5.75 Å². The van der Waals surface area contributed by atoms with Gasteiger partial charge in [0.2, 0.25) is 0 Å². The third-order valence-corrected chi connectivity index (χ3v) is 2.51. The molecule has 1 heterocycles. The molecule has 0 aliphatic carbocycles. The third kappa shape index (κ3) is 3.32. The molecule has 0 aliphatic rings. The molecule has 4 nitrogen and oxygen atoms in total. The lowest BCUT2D eigenvalue weighted by Crippen LogP contribution is -2.23. The Hall–Kier alpha value is -1.81. The number of imidazole rings is 1. The van der Waals surface area contributed by atoms with E-state index in [-0.39, 0.29) is 6.61 Å². The molecule has 0 saturated carbocycles. The van der Waals surface area contributed by atoms with Gasteiger partial charge in [0, 0.05) is 12.4 Å². The van der Waals surface area contributed by atoms with Crippen LogP contribution in [-0.4, -0.2) is 27.4 Å². The van der Waals surface area contributed by atoms with Crippen molar-refractivity contribution in [2.45, 2.75) is 19.6 Å². The lowest BCUT2D eigenvalue weighted by molar-refractivity contribution is 0.0921. The van der Waals surface area contributed by atoms with Crippen LogP contribution in [-0.2, 0) is 6.54 Å². The summed E-state index contributed by atoms with van der Waals surface area (Å²) in [6.07, 6.45) is 4.65. The van der Waals surface area contributed by atoms with Gasteiger partial charge < -0.3 is 14.4 Å². The average Bonchev–Trinajstić information content (AvgIpc) is 2.81. The fraction of sp³-hybridized carbons (Fsp3) is 0.308. The minimum absolute atomic E-state index is 0.281. The highest BCUT2D eigenvalue weighted by atomic mass is 16.5. The average molecular weight is 232 g/mol. The zero-order valence-corrected chi connectivity index (χ0v) is 9.78. The summed E-state index contributed by atoms with van der Waals surface area (Å²) in [5.74, 6) is 0.817. The van der Waals surface area contributed by atoms with Crippen LogP contribution < -0.4 is 4.74 Å². The number of benzene rings is 1. The van der Waals surface area contributed by atoms with E-state index in [1.54, 1.807) is 12.5 Å². The van der Waals surface area contributed by atoms with E-state index in [4.69, 9.17) is 4.74 Å². The van der Waals surface area contributed by atoms with E-state index in [9.17, 15) is 5.11 Å². The maximum atomic E-state index is 9.80. The van der Waals surface area contributed by atoms with Gasteiger partial charge in [-0.3, -0.25) is 0 Å². The summed E-state index contributed by atoms with van der Waals surface area (Å²) in [5.41, 5.74) is 1.07. The number of aryl methyl sites for hydroxylation is 1. The van der Waals surface area contributed by atoms with Gasteiger partial charge in [-0.1, -0.05) is 18.2 Å². The van der Waals surface area contributed by atoms with E-state index >= 15 is 0 Å². The molecule has 0 unspecified atom stereocenters. The number of hydrogen-bond acceptors (Lipinski definition) is 3. The van der Waals surface area contributed by atoms with Crippen LogP contribution in [0.1, 0.15) is 5.56 Å². The number of aliphatic hydroxyl groups excluding tert-OH is 1. The van der Waals surface area contributed by atoms with Crippen molar-refractivity contribution in [3.8, 4) is 5.75 Å². The van der Waals surface area contributed by atoms with Gasteiger partial charge >= 0.3 is 0 Å². The van der Waals surface area contributed by atoms with Crippen molar-refractivity contribution < 1.29 is 9.84 Å². The highest BCUT2D eigenvalue weighted by molar-refractivity contribution is 5.31. The molecule has 4 heteroatoms. The summed E-state index contributed by atoms with van der Waals surface area (Å²) >= 11 is 0. The number of hydrogen-bond donors (Lipinski definition) is 1. The lowest BCUT2D eigenvalue weighted by Gasteiger charge is -2.14. The van der Waals surface area contributed by atoms with E-state index in [0.29, 0.717) is 6.54 Å². The predicted molar refractivity (Wildman–Crippen MR) is 64.9 cm³/mol. The molecular formula is C13H16N2O2. The Morgan fingerprint density at radius 1 is 1.41 bits per heavy atom. The fourth-order valence-corrected chi connectivity index (χ4v) is 1.60. The third-order valence-electron chi connectivity index (χ3n) is 2.51. The number of aromatic nitrogens is 2. The smallest absolute Gasteiger partial charge is 0.122 e. The molecule has 0 saturated heterocycles. The SMILES string of the molecule is Cc1ccccc1OC[C@@H](O)Cn1ccnc1. The molecule has 1 atom stereocenters. The van der Waals surface area contributed by atoms with E-state index in [1.807, 2.05) is 42.0 Å². The van der Waals surface area contributed by atoms with Crippen LogP contribution in [0.4, 0.5) is 0 Å². The van der Waals surface area contributed by atoms with E-state index in [2.05, 4.69) is 4.98 Å². The molecule has 0 spiro atoms. The van der Waals surface area contributed by atoms with Crippen LogP contribution in [0.25, 0.3) is 0 Å². The van der Waals surface area contributed by atoms with Gasteiger partial charge in [0.25, 0.3) is 0 Å². The molecular weight excluding hydrogens is 216 g/mol. The van der Waals surface area contributed by atoms with Crippen molar-refractivity contribution in [2.24, 2.45) is 0 Å². The Balaban J connectivity index is 1.84. The van der Waals surface area contributed by atoms with Gasteiger partial charge in [0.15, 0.2) is 0 Å². The van der Waals surface area contributed by atoms with Gasteiger partial charge in [-0.15, -0.1) is 0 Å². The normalized spacial score (nSPS) is 12.4. The molecule has 0 fully saturated rings. The lowest BCUT2D eigenvalue weighted by atomic mass is 10.2. The maximum Gasteiger partial charge on any atom is 0.122 e. The fourth-order valence-electron chi connectivity index (χ4n) is 1.60. The van der Waals surface area contributed by atoms with Crippen LogP contribution in [0.15, 0.2) is 43.0 Å². The summed E-state index contributed by atoms with van der Waals surface area (Å²) in [7, 11) is 0. The highest BCUT2D eigenvalue weighted by Crippen LogP contribution is 2.16. The molecule has 2 aromatic rings. The van der Waals surface area contributed by atoms with Crippen LogP contribution >= 0.6 is 0 Å². The second kappa shape index (κ2) is 5.50. The van der Waals surface area contributed by atoms with E-state index in [1.165, 1.54) is 0 Å². The molecule has 0 radical (unpaired) electrons. The zero-order chi connectivity index (χ0) is 12.1. The van der Waals surface area contributed by atoms with Crippen molar-refractivity contribution in [3.63, 3.8) is 0 Å². The Labute approximate surface area is 100 Å². The summed E-state index contributed by atoms with van der Waals surface area (Å²) < 4.78 is 7.39. The van der Waals surface area contributed by atoms with Gasteiger partial charge in [-0.2, -0.15) is 0 Å². The van der Waals surface area contributed by atoms with Crippen molar-refractivity contribution in [1.29, 1.82) is 0 Å². The first kappa shape index (κ1) is 11.7. The Morgan fingerprint density at radius 3 is 2.94 bits per heavy atom. The Bertz CT molecular complexity index is 454. The number of aliphatic hydroxyl groups is 1. The summed E-state index contributed by atoms with van der Waals surface area (Å²) in [5, 5.41) is 9.80. The maximum absolute atomic E-state index is 9.80. The van der Waals surface area contributed by atoms with Gasteiger partial charge in [0.1, 0.15) is 18.5 Å². The molecule has 17 heavy (non-hydrogen) atoms. The van der Waals surface area contributed by atoms with Crippen molar-refractivity contribution >= 4 is 0 Å². The van der Waals surface area contributed by atoms with Crippen LogP contribution in [0, 0.1) is 6.92 Å². The quantitative estimate of drug-likeness (QED) is 0.852. The van der Waals surface area contributed by atoms with Gasteiger partial charge in [0.05, 0.1) is 12.9 Å². The molecule has 1 aromatic heterocycles. The molecule has 2 rings (SSSR count). The Kier molecular flexibility index (Phi) is 3.77. The number of rotatable bonds is 5. The second-order valence-corrected chi connectivity index (χ2v) is 3.99. The standard InChI is InChI=1S/C13H16N2O2/c1-11-4-2-3-5-13(11)17-9-12(16)8-15-7-6-14-10-15/h2-7,10,12,16H,8-9H2,1H3/t12-/m0/s1. The summed E-state index contributed by atoms with van der Waals surface area (Å²) in [4.78, 5) is 3.92. The second-order valence-electron chi connectivity index (χ2n) is 3.99. The summed E-state index contributed by atoms with van der Waals surface area (Å²) in [6.45, 7) is 2.76. The van der Waals surface area contributed by atoms with Gasteiger partial charge in [-0.05, 0) is 18.6 Å². The van der Waals surface area contributed by atoms with Crippen molar-refractivity contribution in [3.05, 3.63) is 48.5 Å². The first-order chi connectivity index (χ1) is 8.25. The molecule has 1 aromatic carbocycles. The van der Waals surface area contributed by atoms with Crippen LogP contribution in [0.2, 0.25) is 0 Å². The van der Waals surface area contributed by atoms with E-state index in [0.717, 1.165) is 11.3 Å². The summed E-state index contributed by atoms with van der Waals surface area (Å²) in [6, 6.07) is 7.77. The monoisotopic (exact) mass is 232 g/mol. The van der Waals surface area contributed by atoms with Crippen molar-refractivity contribution in [2.75, 3.05) is 6.61 Å². The first-order valence-corrected chi connectivity index (χ1v) is 5.58. The minimum atomic E-state index is -0.538. The Morgan fingerprint density at radius 2 is 2.24 bits per heavy atom. The molecule has 0 amide bonds. The predicted octanol–water partition coefficient (Wildman–Crippen LogP) is 1.63. The topological polar surface area (TPSA) is 47.3 Å². The number of nitrogens with zero attached hydrogens (tertiary/aromatic N) is 2. The van der Waals surface area contributed by atoms with Gasteiger partial charge in [-0.25, -0.2) is 4.98 Å². The van der Waals surface area contributed by atoms with Crippen molar-refractivity contribution in [1.82, 2.24) is 9.55 Å². The molecule has 1 N–H and O–H groups in total. The zero-order valence-electron chi connectivity index (χ0n) is 9.78. The number of para-hydroxylation sites is 1. The first-order valence-electron chi connectivity index (χ1n) is 5.58. The largest absolute Gasteiger partial charge is 0.491 e. The molecule has 0 bridgehead atoms. The molecule has 0 aliphatic heterocycles. The van der Waals surface area contributed by atoms with Crippen LogP contribution in [0.3, 0.4) is 0 Å².